The number of halogens is 1. The SMILES string of the molecule is Cc1nc2c(C)cccn2c(=O)c1Cc1nnc(SCC(=O)NCc2ccc(Cl)cc2)n1C. The van der Waals surface area contributed by atoms with Crippen LogP contribution in [0.15, 0.2) is 52.5 Å². The number of hydrogen-bond acceptors (Lipinski definition) is 6. The van der Waals surface area contributed by atoms with Gasteiger partial charge in [0.05, 0.1) is 5.75 Å². The van der Waals surface area contributed by atoms with Gasteiger partial charge in [-0.2, -0.15) is 0 Å². The zero-order valence-corrected chi connectivity index (χ0v) is 20.1. The van der Waals surface area contributed by atoms with Gasteiger partial charge in [0.1, 0.15) is 11.5 Å². The summed E-state index contributed by atoms with van der Waals surface area (Å²) in [6, 6.07) is 11.1. The fourth-order valence-electron chi connectivity index (χ4n) is 3.41. The molecule has 170 valence electrons. The van der Waals surface area contributed by atoms with E-state index in [-0.39, 0.29) is 17.2 Å². The maximum atomic E-state index is 13.0. The molecule has 0 aliphatic carbocycles. The lowest BCUT2D eigenvalue weighted by atomic mass is 10.1. The average molecular weight is 483 g/mol. The molecule has 0 aliphatic heterocycles. The van der Waals surface area contributed by atoms with E-state index in [1.54, 1.807) is 27.3 Å². The lowest BCUT2D eigenvalue weighted by molar-refractivity contribution is -0.118. The van der Waals surface area contributed by atoms with Gasteiger partial charge in [-0.3, -0.25) is 14.0 Å². The van der Waals surface area contributed by atoms with Gasteiger partial charge in [0.2, 0.25) is 5.91 Å². The lowest BCUT2D eigenvalue weighted by Gasteiger charge is -2.09. The summed E-state index contributed by atoms with van der Waals surface area (Å²) in [4.78, 5) is 29.9. The second-order valence-corrected chi connectivity index (χ2v) is 9.07. The Morgan fingerprint density at radius 3 is 2.67 bits per heavy atom. The van der Waals surface area contributed by atoms with Crippen LogP contribution in [0, 0.1) is 13.8 Å². The van der Waals surface area contributed by atoms with Gasteiger partial charge < -0.3 is 9.88 Å². The van der Waals surface area contributed by atoms with E-state index in [1.165, 1.54) is 11.8 Å². The first-order chi connectivity index (χ1) is 15.8. The molecule has 3 aromatic heterocycles. The molecule has 0 atom stereocenters. The topological polar surface area (TPSA) is 94.2 Å². The summed E-state index contributed by atoms with van der Waals surface area (Å²) in [5, 5.41) is 12.6. The van der Waals surface area contributed by atoms with Crippen molar-refractivity contribution in [2.24, 2.45) is 7.05 Å². The van der Waals surface area contributed by atoms with Gasteiger partial charge in [0.15, 0.2) is 5.16 Å². The molecule has 4 aromatic rings. The number of nitrogens with one attached hydrogen (secondary N) is 1. The number of pyridine rings is 1. The van der Waals surface area contributed by atoms with Gasteiger partial charge in [-0.05, 0) is 43.2 Å². The van der Waals surface area contributed by atoms with E-state index in [2.05, 4.69) is 20.5 Å². The molecular formula is C23H23ClN6O2S. The predicted octanol–water partition coefficient (Wildman–Crippen LogP) is 3.09. The molecule has 4 rings (SSSR count). The number of fused-ring (bicyclic) bond motifs is 1. The molecule has 10 heteroatoms. The van der Waals surface area contributed by atoms with Crippen molar-refractivity contribution < 1.29 is 4.79 Å². The fraction of sp³-hybridized carbons (Fsp3) is 0.261. The Morgan fingerprint density at radius 2 is 1.91 bits per heavy atom. The molecule has 33 heavy (non-hydrogen) atoms. The van der Waals surface area contributed by atoms with Crippen molar-refractivity contribution in [3.63, 3.8) is 0 Å². The molecule has 0 unspecified atom stereocenters. The molecule has 0 fully saturated rings. The minimum Gasteiger partial charge on any atom is -0.351 e. The molecule has 0 radical (unpaired) electrons. The summed E-state index contributed by atoms with van der Waals surface area (Å²) in [6.07, 6.45) is 2.03. The van der Waals surface area contributed by atoms with E-state index in [0.717, 1.165) is 11.1 Å². The van der Waals surface area contributed by atoms with Crippen molar-refractivity contribution in [2.45, 2.75) is 32.0 Å². The first kappa shape index (κ1) is 23.0. The Morgan fingerprint density at radius 1 is 1.15 bits per heavy atom. The van der Waals surface area contributed by atoms with Crippen molar-refractivity contribution in [1.82, 2.24) is 29.5 Å². The van der Waals surface area contributed by atoms with Crippen LogP contribution >= 0.6 is 23.4 Å². The van der Waals surface area contributed by atoms with Gasteiger partial charge in [-0.1, -0.05) is 41.6 Å². The minimum atomic E-state index is -0.111. The van der Waals surface area contributed by atoms with Crippen LogP contribution < -0.4 is 10.9 Å². The Balaban J connectivity index is 1.42. The quantitative estimate of drug-likeness (QED) is 0.407. The lowest BCUT2D eigenvalue weighted by Crippen LogP contribution is -2.24. The molecule has 1 aromatic carbocycles. The Kier molecular flexibility index (Phi) is 6.80. The number of benzene rings is 1. The van der Waals surface area contributed by atoms with Crippen LogP contribution in [-0.2, 0) is 24.8 Å². The van der Waals surface area contributed by atoms with E-state index in [0.29, 0.717) is 45.9 Å². The Bertz CT molecular complexity index is 1380. The van der Waals surface area contributed by atoms with Gasteiger partial charge in [0.25, 0.3) is 5.56 Å². The maximum absolute atomic E-state index is 13.0. The highest BCUT2D eigenvalue weighted by Gasteiger charge is 2.17. The van der Waals surface area contributed by atoms with E-state index in [9.17, 15) is 9.59 Å². The van der Waals surface area contributed by atoms with Crippen molar-refractivity contribution in [1.29, 1.82) is 0 Å². The van der Waals surface area contributed by atoms with Gasteiger partial charge in [-0.25, -0.2) is 4.98 Å². The monoisotopic (exact) mass is 482 g/mol. The van der Waals surface area contributed by atoms with Crippen LogP contribution in [0.1, 0.15) is 28.2 Å². The molecule has 1 N–H and O–H groups in total. The molecule has 0 aliphatic rings. The second kappa shape index (κ2) is 9.76. The van der Waals surface area contributed by atoms with Crippen LogP contribution in [0.5, 0.6) is 0 Å². The highest BCUT2D eigenvalue weighted by Crippen LogP contribution is 2.18. The van der Waals surface area contributed by atoms with Crippen molar-refractivity contribution in [3.8, 4) is 0 Å². The van der Waals surface area contributed by atoms with E-state index in [4.69, 9.17) is 11.6 Å². The minimum absolute atomic E-state index is 0.109. The number of rotatable bonds is 7. The summed E-state index contributed by atoms with van der Waals surface area (Å²) >= 11 is 7.18. The first-order valence-electron chi connectivity index (χ1n) is 10.3. The molecule has 8 nitrogen and oxygen atoms in total. The molecule has 0 saturated heterocycles. The Labute approximate surface area is 200 Å². The second-order valence-electron chi connectivity index (χ2n) is 7.69. The highest BCUT2D eigenvalue weighted by molar-refractivity contribution is 7.99. The molecule has 0 saturated carbocycles. The number of nitrogens with zero attached hydrogens (tertiary/aromatic N) is 5. The summed E-state index contributed by atoms with van der Waals surface area (Å²) < 4.78 is 3.37. The first-order valence-corrected chi connectivity index (χ1v) is 11.7. The van der Waals surface area contributed by atoms with Gasteiger partial charge >= 0.3 is 0 Å². The third-order valence-corrected chi connectivity index (χ3v) is 6.62. The molecule has 1 amide bonds. The van der Waals surface area contributed by atoms with Gasteiger partial charge in [0, 0.05) is 42.5 Å². The van der Waals surface area contributed by atoms with E-state index < -0.39 is 0 Å². The summed E-state index contributed by atoms with van der Waals surface area (Å²) in [6.45, 7) is 4.19. The summed E-state index contributed by atoms with van der Waals surface area (Å²) in [7, 11) is 1.83. The third-order valence-electron chi connectivity index (χ3n) is 5.34. The molecule has 0 bridgehead atoms. The number of hydrogen-bond donors (Lipinski definition) is 1. The van der Waals surface area contributed by atoms with E-state index >= 15 is 0 Å². The van der Waals surface area contributed by atoms with Crippen molar-refractivity contribution >= 4 is 34.9 Å². The number of aromatic nitrogens is 5. The van der Waals surface area contributed by atoms with Crippen LogP contribution in [0.2, 0.25) is 5.02 Å². The fourth-order valence-corrected chi connectivity index (χ4v) is 4.30. The van der Waals surface area contributed by atoms with E-state index in [1.807, 2.05) is 45.2 Å². The number of aryl methyl sites for hydroxylation is 2. The number of amides is 1. The molecular weight excluding hydrogens is 460 g/mol. The smallest absolute Gasteiger partial charge is 0.261 e. The van der Waals surface area contributed by atoms with Crippen molar-refractivity contribution in [3.05, 3.63) is 86.2 Å². The largest absolute Gasteiger partial charge is 0.351 e. The number of carbonyl (C=O) groups is 1. The molecule has 0 spiro atoms. The zero-order chi connectivity index (χ0) is 23.5. The third kappa shape index (κ3) is 5.09. The summed E-state index contributed by atoms with van der Waals surface area (Å²) in [5.74, 6) is 0.731. The maximum Gasteiger partial charge on any atom is 0.261 e. The standard InChI is InChI=1S/C23H23ClN6O2S/c1-14-5-4-10-30-21(14)26-15(2)18(22(30)32)11-19-27-28-23(29(19)3)33-13-20(31)25-12-16-6-8-17(24)9-7-16/h4-10H,11-13H2,1-3H3,(H,25,31). The van der Waals surface area contributed by atoms with Crippen LogP contribution in [-0.4, -0.2) is 35.8 Å². The van der Waals surface area contributed by atoms with Gasteiger partial charge in [-0.15, -0.1) is 10.2 Å². The molecule has 3 heterocycles. The van der Waals surface area contributed by atoms with Crippen LogP contribution in [0.4, 0.5) is 0 Å². The zero-order valence-electron chi connectivity index (χ0n) is 18.5. The number of thioether (sulfide) groups is 1. The highest BCUT2D eigenvalue weighted by atomic mass is 35.5. The predicted molar refractivity (Wildman–Crippen MR) is 129 cm³/mol. The number of carbonyl (C=O) groups excluding carboxylic acids is 1. The average Bonchev–Trinajstić information content (AvgIpc) is 3.14. The normalized spacial score (nSPS) is 11.2. The van der Waals surface area contributed by atoms with Crippen LogP contribution in [0.3, 0.4) is 0 Å². The van der Waals surface area contributed by atoms with Crippen molar-refractivity contribution in [2.75, 3.05) is 5.75 Å². The summed E-state index contributed by atoms with van der Waals surface area (Å²) in [5.41, 5.74) is 3.71. The van der Waals surface area contributed by atoms with Crippen LogP contribution in [0.25, 0.3) is 5.65 Å². The Hall–Kier alpha value is -3.17.